The quantitative estimate of drug-likeness (QED) is 0.899. The van der Waals surface area contributed by atoms with Crippen molar-refractivity contribution in [2.45, 2.75) is 45.6 Å². The molecular weight excluding hydrogens is 294 g/mol. The molecular formula is C16H21N5O2. The number of hydrogen-bond donors (Lipinski definition) is 2. The summed E-state index contributed by atoms with van der Waals surface area (Å²) in [5.41, 5.74) is 1.95. The van der Waals surface area contributed by atoms with Gasteiger partial charge in [-0.25, -0.2) is 9.67 Å². The fourth-order valence-corrected chi connectivity index (χ4v) is 3.08. The van der Waals surface area contributed by atoms with E-state index in [4.69, 9.17) is 5.11 Å². The van der Waals surface area contributed by atoms with Crippen LogP contribution in [0.3, 0.4) is 0 Å². The lowest BCUT2D eigenvalue weighted by Crippen LogP contribution is -2.29. The molecule has 0 radical (unpaired) electrons. The van der Waals surface area contributed by atoms with Crippen LogP contribution in [0.4, 0.5) is 5.82 Å². The highest BCUT2D eigenvalue weighted by Crippen LogP contribution is 2.26. The van der Waals surface area contributed by atoms with Gasteiger partial charge in [0.1, 0.15) is 5.82 Å². The fourth-order valence-electron chi connectivity index (χ4n) is 3.08. The third-order valence-electron chi connectivity index (χ3n) is 4.28. The Bertz CT molecular complexity index is 704. The Morgan fingerprint density at radius 1 is 1.26 bits per heavy atom. The van der Waals surface area contributed by atoms with E-state index in [1.165, 1.54) is 0 Å². The van der Waals surface area contributed by atoms with Gasteiger partial charge in [0, 0.05) is 11.7 Å². The second-order valence-corrected chi connectivity index (χ2v) is 6.13. The molecule has 1 saturated carbocycles. The Balaban J connectivity index is 1.69. The summed E-state index contributed by atoms with van der Waals surface area (Å²) in [5, 5.41) is 16.8. The van der Waals surface area contributed by atoms with Crippen molar-refractivity contribution in [1.82, 2.24) is 19.7 Å². The van der Waals surface area contributed by atoms with Gasteiger partial charge in [-0.1, -0.05) is 0 Å². The Kier molecular flexibility index (Phi) is 4.27. The molecule has 0 amide bonds. The SMILES string of the molecule is Cc1cc(C)n(-c2cncc(NC3CCC(C(=O)O)CC3)n2)n1. The van der Waals surface area contributed by atoms with Crippen LogP contribution in [0.15, 0.2) is 18.5 Å². The maximum absolute atomic E-state index is 11.0. The first kappa shape index (κ1) is 15.5. The summed E-state index contributed by atoms with van der Waals surface area (Å²) in [6.07, 6.45) is 6.46. The average Bonchev–Trinajstić information content (AvgIpc) is 2.87. The minimum absolute atomic E-state index is 0.208. The Morgan fingerprint density at radius 2 is 2.00 bits per heavy atom. The number of anilines is 1. The first-order valence-corrected chi connectivity index (χ1v) is 7.88. The molecule has 2 aromatic heterocycles. The summed E-state index contributed by atoms with van der Waals surface area (Å²) in [6.45, 7) is 3.93. The van der Waals surface area contributed by atoms with Crippen LogP contribution in [0.1, 0.15) is 37.1 Å². The number of hydrogen-bond acceptors (Lipinski definition) is 5. The predicted octanol–water partition coefficient (Wildman–Crippen LogP) is 2.33. The van der Waals surface area contributed by atoms with E-state index in [1.54, 1.807) is 17.1 Å². The van der Waals surface area contributed by atoms with Crippen LogP contribution in [0, 0.1) is 19.8 Å². The standard InChI is InChI=1S/C16H21N5O2/c1-10-7-11(2)21(20-10)15-9-17-8-14(19-15)18-13-5-3-12(4-6-13)16(22)23/h7-9,12-13H,3-6H2,1-2H3,(H,18,19)(H,22,23). The highest BCUT2D eigenvalue weighted by Gasteiger charge is 2.26. The van der Waals surface area contributed by atoms with Crippen molar-refractivity contribution in [2.24, 2.45) is 5.92 Å². The number of aliphatic carboxylic acids is 1. The van der Waals surface area contributed by atoms with Crippen LogP contribution in [-0.4, -0.2) is 36.9 Å². The summed E-state index contributed by atoms with van der Waals surface area (Å²) in [7, 11) is 0. The van der Waals surface area contributed by atoms with Gasteiger partial charge in [0.15, 0.2) is 5.82 Å². The van der Waals surface area contributed by atoms with E-state index in [1.807, 2.05) is 19.9 Å². The van der Waals surface area contributed by atoms with Crippen molar-refractivity contribution in [2.75, 3.05) is 5.32 Å². The minimum Gasteiger partial charge on any atom is -0.481 e. The lowest BCUT2D eigenvalue weighted by molar-refractivity contribution is -0.142. The number of carbonyl (C=O) groups is 1. The molecule has 1 aliphatic carbocycles. The normalized spacial score (nSPS) is 21.1. The Labute approximate surface area is 134 Å². The van der Waals surface area contributed by atoms with Gasteiger partial charge in [0.25, 0.3) is 0 Å². The van der Waals surface area contributed by atoms with Crippen molar-refractivity contribution in [3.05, 3.63) is 29.8 Å². The van der Waals surface area contributed by atoms with Gasteiger partial charge >= 0.3 is 5.97 Å². The van der Waals surface area contributed by atoms with Crippen LogP contribution in [0.2, 0.25) is 0 Å². The second-order valence-electron chi connectivity index (χ2n) is 6.13. The van der Waals surface area contributed by atoms with Crippen LogP contribution < -0.4 is 5.32 Å². The first-order valence-electron chi connectivity index (χ1n) is 7.88. The molecule has 7 heteroatoms. The van der Waals surface area contributed by atoms with Gasteiger partial charge < -0.3 is 10.4 Å². The summed E-state index contributed by atoms with van der Waals surface area (Å²) in [5.74, 6) is 0.489. The average molecular weight is 315 g/mol. The first-order chi connectivity index (χ1) is 11.0. The van der Waals surface area contributed by atoms with Crippen molar-refractivity contribution >= 4 is 11.8 Å². The molecule has 2 N–H and O–H groups in total. The maximum Gasteiger partial charge on any atom is 0.306 e. The van der Waals surface area contributed by atoms with Gasteiger partial charge in [-0.05, 0) is 45.6 Å². The third-order valence-corrected chi connectivity index (χ3v) is 4.28. The van der Waals surface area contributed by atoms with E-state index < -0.39 is 5.97 Å². The summed E-state index contributed by atoms with van der Waals surface area (Å²) < 4.78 is 1.77. The smallest absolute Gasteiger partial charge is 0.306 e. The summed E-state index contributed by atoms with van der Waals surface area (Å²) >= 11 is 0. The molecule has 0 saturated heterocycles. The molecule has 1 fully saturated rings. The molecule has 122 valence electrons. The maximum atomic E-state index is 11.0. The van der Waals surface area contributed by atoms with Crippen LogP contribution >= 0.6 is 0 Å². The van der Waals surface area contributed by atoms with Crippen LogP contribution in [-0.2, 0) is 4.79 Å². The number of nitrogens with zero attached hydrogens (tertiary/aromatic N) is 4. The molecule has 0 aromatic carbocycles. The molecule has 0 atom stereocenters. The molecule has 0 aliphatic heterocycles. The van der Waals surface area contributed by atoms with E-state index in [2.05, 4.69) is 20.4 Å². The summed E-state index contributed by atoms with van der Waals surface area (Å²) in [4.78, 5) is 19.8. The lowest BCUT2D eigenvalue weighted by Gasteiger charge is -2.27. The zero-order valence-corrected chi connectivity index (χ0v) is 13.4. The lowest BCUT2D eigenvalue weighted by atomic mass is 9.86. The summed E-state index contributed by atoms with van der Waals surface area (Å²) in [6, 6.07) is 2.24. The second kappa shape index (κ2) is 6.36. The van der Waals surface area contributed by atoms with Gasteiger partial charge in [0.2, 0.25) is 0 Å². The van der Waals surface area contributed by atoms with E-state index >= 15 is 0 Å². The van der Waals surface area contributed by atoms with E-state index in [0.29, 0.717) is 24.5 Å². The molecule has 7 nitrogen and oxygen atoms in total. The van der Waals surface area contributed by atoms with E-state index in [9.17, 15) is 4.79 Å². The molecule has 3 rings (SSSR count). The van der Waals surface area contributed by atoms with Crippen molar-refractivity contribution in [3.8, 4) is 5.82 Å². The molecule has 0 unspecified atom stereocenters. The Hall–Kier alpha value is -2.44. The zero-order valence-electron chi connectivity index (χ0n) is 13.4. The topological polar surface area (TPSA) is 92.9 Å². The number of rotatable bonds is 4. The van der Waals surface area contributed by atoms with Crippen molar-refractivity contribution in [3.63, 3.8) is 0 Å². The van der Waals surface area contributed by atoms with E-state index in [0.717, 1.165) is 24.2 Å². The molecule has 23 heavy (non-hydrogen) atoms. The monoisotopic (exact) mass is 315 g/mol. The van der Waals surface area contributed by atoms with Gasteiger partial charge in [-0.2, -0.15) is 5.10 Å². The molecule has 0 bridgehead atoms. The predicted molar refractivity (Wildman–Crippen MR) is 85.6 cm³/mol. The van der Waals surface area contributed by atoms with Gasteiger partial charge in [0.05, 0.1) is 24.0 Å². The number of carboxylic acids is 1. The van der Waals surface area contributed by atoms with Crippen LogP contribution in [0.5, 0.6) is 0 Å². The minimum atomic E-state index is -0.685. The molecule has 2 aromatic rings. The fraction of sp³-hybridized carbons (Fsp3) is 0.500. The molecule has 1 aliphatic rings. The number of aromatic nitrogens is 4. The largest absolute Gasteiger partial charge is 0.481 e. The van der Waals surface area contributed by atoms with Crippen molar-refractivity contribution < 1.29 is 9.90 Å². The Morgan fingerprint density at radius 3 is 2.61 bits per heavy atom. The van der Waals surface area contributed by atoms with Crippen LogP contribution in [0.25, 0.3) is 5.82 Å². The van der Waals surface area contributed by atoms with Gasteiger partial charge in [-0.3, -0.25) is 9.78 Å². The number of carboxylic acid groups (broad SMARTS) is 1. The molecule has 2 heterocycles. The zero-order chi connectivity index (χ0) is 16.4. The van der Waals surface area contributed by atoms with Gasteiger partial charge in [-0.15, -0.1) is 0 Å². The third kappa shape index (κ3) is 3.49. The molecule has 0 spiro atoms. The number of aryl methyl sites for hydroxylation is 2. The van der Waals surface area contributed by atoms with E-state index in [-0.39, 0.29) is 12.0 Å². The highest BCUT2D eigenvalue weighted by atomic mass is 16.4. The number of nitrogens with one attached hydrogen (secondary N) is 1. The highest BCUT2D eigenvalue weighted by molar-refractivity contribution is 5.70. The van der Waals surface area contributed by atoms with Crippen molar-refractivity contribution in [1.29, 1.82) is 0 Å².